The van der Waals surface area contributed by atoms with Crippen LogP contribution in [0.25, 0.3) is 6.08 Å². The van der Waals surface area contributed by atoms with Crippen LogP contribution in [0.15, 0.2) is 34.1 Å². The number of rotatable bonds is 5. The highest BCUT2D eigenvalue weighted by atomic mass is 32.2. The number of amides is 1. The van der Waals surface area contributed by atoms with E-state index >= 15 is 0 Å². The SMILES string of the molecule is CSc1ccc(/C=C2\SC(=S)N(CCC(=O)[O-])C2=O)cc1. The third kappa shape index (κ3) is 4.09. The number of hydrogen-bond donors (Lipinski definition) is 0. The average Bonchev–Trinajstić information content (AvgIpc) is 2.72. The highest BCUT2D eigenvalue weighted by Gasteiger charge is 2.31. The van der Waals surface area contributed by atoms with Gasteiger partial charge in [0.25, 0.3) is 5.91 Å². The van der Waals surface area contributed by atoms with Crippen LogP contribution in [0, 0.1) is 0 Å². The third-order valence-electron chi connectivity index (χ3n) is 2.83. The second-order valence-corrected chi connectivity index (χ2v) is 6.78. The molecule has 1 amide bonds. The second kappa shape index (κ2) is 7.11. The maximum atomic E-state index is 12.2. The number of thiocarbonyl (C=S) groups is 1. The molecule has 2 rings (SSSR count). The number of hydrogen-bond acceptors (Lipinski definition) is 6. The number of benzene rings is 1. The van der Waals surface area contributed by atoms with E-state index in [0.29, 0.717) is 9.23 Å². The molecule has 0 aliphatic carbocycles. The smallest absolute Gasteiger partial charge is 0.266 e. The summed E-state index contributed by atoms with van der Waals surface area (Å²) >= 11 is 7.95. The molecule has 0 N–H and O–H groups in total. The molecule has 1 aliphatic rings. The predicted molar refractivity (Wildman–Crippen MR) is 87.7 cm³/mol. The molecule has 1 aromatic carbocycles. The summed E-state index contributed by atoms with van der Waals surface area (Å²) in [5.41, 5.74) is 0.910. The quantitative estimate of drug-likeness (QED) is 0.463. The molecule has 1 aliphatic heterocycles. The second-order valence-electron chi connectivity index (χ2n) is 4.23. The van der Waals surface area contributed by atoms with Crippen LogP contribution in [0.4, 0.5) is 0 Å². The average molecular weight is 338 g/mol. The van der Waals surface area contributed by atoms with Gasteiger partial charge in [0.05, 0.1) is 4.91 Å². The highest BCUT2D eigenvalue weighted by Crippen LogP contribution is 2.32. The molecule has 0 bridgehead atoms. The lowest BCUT2D eigenvalue weighted by atomic mass is 10.2. The number of carboxylic acids is 1. The third-order valence-corrected chi connectivity index (χ3v) is 4.95. The van der Waals surface area contributed by atoms with Gasteiger partial charge in [-0.3, -0.25) is 9.69 Å². The summed E-state index contributed by atoms with van der Waals surface area (Å²) in [7, 11) is 0. The summed E-state index contributed by atoms with van der Waals surface area (Å²) in [5.74, 6) is -1.44. The molecular weight excluding hydrogens is 326 g/mol. The first-order valence-corrected chi connectivity index (χ1v) is 8.55. The van der Waals surface area contributed by atoms with E-state index in [-0.39, 0.29) is 18.9 Å². The first-order valence-electron chi connectivity index (χ1n) is 6.10. The number of carboxylic acid groups (broad SMARTS) is 1. The monoisotopic (exact) mass is 338 g/mol. The minimum absolute atomic E-state index is 0.0513. The topological polar surface area (TPSA) is 60.4 Å². The Morgan fingerprint density at radius 2 is 2.10 bits per heavy atom. The molecule has 0 saturated carbocycles. The molecule has 21 heavy (non-hydrogen) atoms. The lowest BCUT2D eigenvalue weighted by Crippen LogP contribution is -2.33. The maximum Gasteiger partial charge on any atom is 0.266 e. The predicted octanol–water partition coefficient (Wildman–Crippen LogP) is 1.75. The number of carbonyl (C=O) groups excluding carboxylic acids is 2. The molecule has 4 nitrogen and oxygen atoms in total. The molecule has 1 saturated heterocycles. The van der Waals surface area contributed by atoms with Gasteiger partial charge in [0.1, 0.15) is 4.32 Å². The maximum absolute atomic E-state index is 12.2. The lowest BCUT2D eigenvalue weighted by molar-refractivity contribution is -0.305. The van der Waals surface area contributed by atoms with E-state index in [0.717, 1.165) is 10.5 Å². The van der Waals surface area contributed by atoms with E-state index in [1.165, 1.54) is 16.7 Å². The van der Waals surface area contributed by atoms with E-state index in [1.54, 1.807) is 17.8 Å². The van der Waals surface area contributed by atoms with Gasteiger partial charge >= 0.3 is 0 Å². The lowest BCUT2D eigenvalue weighted by Gasteiger charge is -2.14. The molecule has 0 aromatic heterocycles. The molecule has 0 atom stereocenters. The zero-order chi connectivity index (χ0) is 15.4. The van der Waals surface area contributed by atoms with Crippen LogP contribution >= 0.6 is 35.7 Å². The molecule has 1 fully saturated rings. The van der Waals surface area contributed by atoms with Crippen LogP contribution in [0.2, 0.25) is 0 Å². The molecule has 0 radical (unpaired) electrons. The fraction of sp³-hybridized carbons (Fsp3) is 0.214. The normalized spacial score (nSPS) is 16.8. The van der Waals surface area contributed by atoms with Gasteiger partial charge in [-0.1, -0.05) is 36.1 Å². The Labute approximate surface area is 136 Å². The molecule has 0 unspecified atom stereocenters. The van der Waals surface area contributed by atoms with Gasteiger partial charge in [0.2, 0.25) is 0 Å². The van der Waals surface area contributed by atoms with Gasteiger partial charge in [-0.25, -0.2) is 0 Å². The Morgan fingerprint density at radius 3 is 2.67 bits per heavy atom. The first kappa shape index (κ1) is 16.1. The van der Waals surface area contributed by atoms with Gasteiger partial charge in [0, 0.05) is 23.8 Å². The van der Waals surface area contributed by atoms with Crippen molar-refractivity contribution >= 4 is 58.0 Å². The number of aliphatic carboxylic acids is 1. The Morgan fingerprint density at radius 1 is 1.43 bits per heavy atom. The number of thioether (sulfide) groups is 2. The van der Waals surface area contributed by atoms with Crippen molar-refractivity contribution < 1.29 is 14.7 Å². The largest absolute Gasteiger partial charge is 0.550 e. The van der Waals surface area contributed by atoms with E-state index in [9.17, 15) is 14.7 Å². The fourth-order valence-electron chi connectivity index (χ4n) is 1.75. The summed E-state index contributed by atoms with van der Waals surface area (Å²) in [5, 5.41) is 10.5. The van der Waals surface area contributed by atoms with Crippen molar-refractivity contribution in [2.45, 2.75) is 11.3 Å². The Kier molecular flexibility index (Phi) is 5.44. The van der Waals surface area contributed by atoms with Crippen LogP contribution in [0.1, 0.15) is 12.0 Å². The minimum atomic E-state index is -1.19. The molecule has 7 heteroatoms. The van der Waals surface area contributed by atoms with Crippen LogP contribution in [0.5, 0.6) is 0 Å². The van der Waals surface area contributed by atoms with E-state index in [1.807, 2.05) is 30.5 Å². The van der Waals surface area contributed by atoms with Crippen molar-refractivity contribution in [1.82, 2.24) is 4.90 Å². The van der Waals surface area contributed by atoms with Crippen LogP contribution in [-0.2, 0) is 9.59 Å². The van der Waals surface area contributed by atoms with E-state index < -0.39 is 5.97 Å². The molecule has 1 heterocycles. The van der Waals surface area contributed by atoms with Gasteiger partial charge < -0.3 is 9.90 Å². The molecule has 0 spiro atoms. The van der Waals surface area contributed by atoms with Crippen LogP contribution in [0.3, 0.4) is 0 Å². The van der Waals surface area contributed by atoms with Crippen LogP contribution in [-0.4, -0.2) is 33.9 Å². The first-order chi connectivity index (χ1) is 10.0. The Balaban J connectivity index is 2.13. The standard InChI is InChI=1S/C14H13NO3S3/c1-20-10-4-2-9(3-5-10)8-11-13(18)15(14(19)21-11)7-6-12(16)17/h2-5,8H,6-7H2,1H3,(H,16,17)/p-1/b11-8-. The summed E-state index contributed by atoms with van der Waals surface area (Å²) < 4.78 is 0.383. The van der Waals surface area contributed by atoms with Gasteiger partial charge in [-0.15, -0.1) is 11.8 Å². The summed E-state index contributed by atoms with van der Waals surface area (Å²) in [6, 6.07) is 7.82. The summed E-state index contributed by atoms with van der Waals surface area (Å²) in [6.45, 7) is 0.0513. The Bertz CT molecular complexity index is 610. The van der Waals surface area contributed by atoms with Crippen molar-refractivity contribution in [3.63, 3.8) is 0 Å². The van der Waals surface area contributed by atoms with E-state index in [2.05, 4.69) is 0 Å². The summed E-state index contributed by atoms with van der Waals surface area (Å²) in [6.07, 6.45) is 3.54. The van der Waals surface area contributed by atoms with Crippen LogP contribution < -0.4 is 5.11 Å². The zero-order valence-corrected chi connectivity index (χ0v) is 13.6. The highest BCUT2D eigenvalue weighted by molar-refractivity contribution is 8.26. The molecular formula is C14H12NO3S3-. The number of carbonyl (C=O) groups is 2. The zero-order valence-electron chi connectivity index (χ0n) is 11.2. The molecule has 1 aromatic rings. The van der Waals surface area contributed by atoms with Crippen molar-refractivity contribution in [3.8, 4) is 0 Å². The van der Waals surface area contributed by atoms with Crippen molar-refractivity contribution in [2.75, 3.05) is 12.8 Å². The molecule has 110 valence electrons. The fourth-order valence-corrected chi connectivity index (χ4v) is 3.46. The van der Waals surface area contributed by atoms with Crippen molar-refractivity contribution in [1.29, 1.82) is 0 Å². The minimum Gasteiger partial charge on any atom is -0.550 e. The number of nitrogens with zero attached hydrogens (tertiary/aromatic N) is 1. The summed E-state index contributed by atoms with van der Waals surface area (Å²) in [4.78, 5) is 25.6. The Hall–Kier alpha value is -1.31. The van der Waals surface area contributed by atoms with Gasteiger partial charge in [-0.2, -0.15) is 0 Å². The van der Waals surface area contributed by atoms with Gasteiger partial charge in [-0.05, 0) is 30.0 Å². The van der Waals surface area contributed by atoms with Crippen molar-refractivity contribution in [3.05, 3.63) is 34.7 Å². The van der Waals surface area contributed by atoms with E-state index in [4.69, 9.17) is 12.2 Å². The van der Waals surface area contributed by atoms with Crippen molar-refractivity contribution in [2.24, 2.45) is 0 Å². The van der Waals surface area contributed by atoms with Gasteiger partial charge in [0.15, 0.2) is 0 Å².